The first-order chi connectivity index (χ1) is 24.9. The molecular weight excluding hydrogens is 664 g/mol. The molecule has 4 amide bonds. The van der Waals surface area contributed by atoms with Crippen LogP contribution in [0.3, 0.4) is 0 Å². The Morgan fingerprint density at radius 3 is 2.04 bits per heavy atom. The van der Waals surface area contributed by atoms with E-state index < -0.39 is 59.3 Å². The zero-order chi connectivity index (χ0) is 37.7. The number of imidazole rings is 1. The molecule has 10 N–H and O–H groups in total. The van der Waals surface area contributed by atoms with Crippen molar-refractivity contribution < 1.29 is 29.1 Å². The number of carboxylic acid groups (broad SMARTS) is 1. The van der Waals surface area contributed by atoms with Crippen LogP contribution in [0.25, 0.3) is 10.8 Å². The van der Waals surface area contributed by atoms with Crippen molar-refractivity contribution in [3.05, 3.63) is 102 Å². The molecular formula is C38H48N8O6. The van der Waals surface area contributed by atoms with E-state index in [1.54, 1.807) is 0 Å². The Bertz CT molecular complexity index is 1810. The van der Waals surface area contributed by atoms with Crippen LogP contribution in [0.1, 0.15) is 49.9 Å². The Hall–Kier alpha value is -5.60. The molecule has 52 heavy (non-hydrogen) atoms. The highest BCUT2D eigenvalue weighted by Crippen LogP contribution is 2.20. The topological polar surface area (TPSA) is 234 Å². The lowest BCUT2D eigenvalue weighted by Crippen LogP contribution is -2.60. The van der Waals surface area contributed by atoms with Crippen LogP contribution < -0.4 is 32.7 Å². The number of carbonyl (C=O) groups is 5. The normalized spacial score (nSPS) is 13.7. The predicted molar refractivity (Wildman–Crippen MR) is 197 cm³/mol. The largest absolute Gasteiger partial charge is 0.480 e. The minimum Gasteiger partial charge on any atom is -0.480 e. The van der Waals surface area contributed by atoms with Crippen LogP contribution in [0.5, 0.6) is 0 Å². The van der Waals surface area contributed by atoms with Gasteiger partial charge in [0.05, 0.1) is 12.4 Å². The highest BCUT2D eigenvalue weighted by atomic mass is 16.4. The van der Waals surface area contributed by atoms with E-state index in [1.165, 1.54) is 26.4 Å². The summed E-state index contributed by atoms with van der Waals surface area (Å²) in [5.41, 5.74) is 12.2. The van der Waals surface area contributed by atoms with Crippen LogP contribution in [-0.4, -0.2) is 80.9 Å². The molecule has 4 atom stereocenters. The fraction of sp³-hybridized carbons (Fsp3) is 0.368. The Kier molecular flexibility index (Phi) is 14.0. The van der Waals surface area contributed by atoms with E-state index in [2.05, 4.69) is 31.2 Å². The Morgan fingerprint density at radius 2 is 1.38 bits per heavy atom. The number of carbonyl (C=O) groups excluding carboxylic acids is 4. The standard InChI is InChI=1S/C38H48N8O6/c1-38(2,37(51)52)46-36(50)32(21-27-22-41-23-42-27)45-35(49)31(20-26-15-10-14-25-13-6-7-16-28(25)26)44-34(48)30(19-24-11-4-3-5-12-24)43-33(47)29(40)17-8-9-18-39/h3-7,10-16,22-23,29-32H,8-9,17-21,39-40H2,1-2H3,(H,41,42)(H,43,47)(H,44,48)(H,45,49)(H,46,50)(H,51,52)/t29-,30+,31+,32-/m1/s1. The van der Waals surface area contributed by atoms with E-state index in [0.29, 0.717) is 31.5 Å². The second kappa shape index (κ2) is 18.6. The molecule has 0 aliphatic rings. The average molecular weight is 713 g/mol. The van der Waals surface area contributed by atoms with Gasteiger partial charge < -0.3 is 42.8 Å². The molecule has 0 aliphatic carbocycles. The molecule has 1 aromatic heterocycles. The van der Waals surface area contributed by atoms with Crippen LogP contribution in [-0.2, 0) is 43.2 Å². The van der Waals surface area contributed by atoms with E-state index >= 15 is 0 Å². The van der Waals surface area contributed by atoms with Gasteiger partial charge in [-0.25, -0.2) is 9.78 Å². The van der Waals surface area contributed by atoms with Gasteiger partial charge in [-0.05, 0) is 55.1 Å². The number of hydrogen-bond acceptors (Lipinski definition) is 8. The molecule has 3 aromatic carbocycles. The van der Waals surface area contributed by atoms with Gasteiger partial charge in [0.1, 0.15) is 23.7 Å². The zero-order valence-corrected chi connectivity index (χ0v) is 29.4. The zero-order valence-electron chi connectivity index (χ0n) is 29.4. The Labute approximate surface area is 302 Å². The molecule has 0 bridgehead atoms. The third-order valence-electron chi connectivity index (χ3n) is 8.74. The average Bonchev–Trinajstić information content (AvgIpc) is 3.64. The van der Waals surface area contributed by atoms with Crippen LogP contribution >= 0.6 is 0 Å². The van der Waals surface area contributed by atoms with Crippen LogP contribution in [0.15, 0.2) is 85.3 Å². The van der Waals surface area contributed by atoms with Crippen molar-refractivity contribution in [3.8, 4) is 0 Å². The monoisotopic (exact) mass is 712 g/mol. The van der Waals surface area contributed by atoms with Crippen molar-refractivity contribution in [2.75, 3.05) is 6.54 Å². The number of carboxylic acids is 1. The first-order valence-electron chi connectivity index (χ1n) is 17.3. The Balaban J connectivity index is 1.66. The molecule has 4 aromatic rings. The quantitative estimate of drug-likeness (QED) is 0.0657. The first kappa shape index (κ1) is 39.2. The number of nitrogens with zero attached hydrogens (tertiary/aromatic N) is 1. The number of hydrogen-bond donors (Lipinski definition) is 8. The minimum absolute atomic E-state index is 0.0303. The molecule has 276 valence electrons. The van der Waals surface area contributed by atoms with Crippen LogP contribution in [0.2, 0.25) is 0 Å². The number of aromatic nitrogens is 2. The van der Waals surface area contributed by atoms with Gasteiger partial charge in [0.25, 0.3) is 0 Å². The van der Waals surface area contributed by atoms with Crippen LogP contribution in [0, 0.1) is 0 Å². The number of fused-ring (bicyclic) bond motifs is 1. The third-order valence-corrected chi connectivity index (χ3v) is 8.74. The van der Waals surface area contributed by atoms with Gasteiger partial charge in [-0.3, -0.25) is 19.2 Å². The first-order valence-corrected chi connectivity index (χ1v) is 17.3. The highest BCUT2D eigenvalue weighted by Gasteiger charge is 2.35. The van der Waals surface area contributed by atoms with E-state index in [9.17, 15) is 29.1 Å². The number of unbranched alkanes of at least 4 members (excludes halogenated alkanes) is 1. The summed E-state index contributed by atoms with van der Waals surface area (Å²) in [6.07, 6.45) is 4.74. The smallest absolute Gasteiger partial charge is 0.328 e. The van der Waals surface area contributed by atoms with E-state index in [-0.39, 0.29) is 19.3 Å². The van der Waals surface area contributed by atoms with Crippen molar-refractivity contribution in [1.82, 2.24) is 31.2 Å². The van der Waals surface area contributed by atoms with E-state index in [0.717, 1.165) is 21.9 Å². The molecule has 0 spiro atoms. The summed E-state index contributed by atoms with van der Waals surface area (Å²) in [7, 11) is 0. The summed E-state index contributed by atoms with van der Waals surface area (Å²) in [6.45, 7) is 3.13. The fourth-order valence-electron chi connectivity index (χ4n) is 5.70. The maximum Gasteiger partial charge on any atom is 0.328 e. The SMILES string of the molecule is CC(C)(NC(=O)[C@@H](Cc1cnc[nH]1)NC(=O)[C@H](Cc1cccc2ccccc12)NC(=O)[C@H](Cc1ccccc1)NC(=O)[C@H](N)CCCCN)C(=O)O. The summed E-state index contributed by atoms with van der Waals surface area (Å²) >= 11 is 0. The van der Waals surface area contributed by atoms with Crippen LogP contribution in [0.4, 0.5) is 0 Å². The number of aromatic amines is 1. The third kappa shape index (κ3) is 11.2. The molecule has 0 radical (unpaired) electrons. The molecule has 0 aliphatic heterocycles. The fourth-order valence-corrected chi connectivity index (χ4v) is 5.70. The number of rotatable bonds is 19. The number of benzene rings is 3. The highest BCUT2D eigenvalue weighted by molar-refractivity contribution is 5.96. The number of H-pyrrole nitrogens is 1. The lowest BCUT2D eigenvalue weighted by Gasteiger charge is -2.28. The van der Waals surface area contributed by atoms with Gasteiger partial charge in [0.15, 0.2) is 0 Å². The van der Waals surface area contributed by atoms with Crippen molar-refractivity contribution >= 4 is 40.4 Å². The maximum atomic E-state index is 14.3. The minimum atomic E-state index is -1.64. The van der Waals surface area contributed by atoms with Crippen molar-refractivity contribution in [1.29, 1.82) is 0 Å². The van der Waals surface area contributed by atoms with E-state index in [1.807, 2.05) is 72.8 Å². The Morgan fingerprint density at radius 1 is 0.769 bits per heavy atom. The predicted octanol–water partition coefficient (Wildman–Crippen LogP) is 1.48. The van der Waals surface area contributed by atoms with Crippen molar-refractivity contribution in [2.24, 2.45) is 11.5 Å². The number of nitrogens with two attached hydrogens (primary N) is 2. The molecule has 0 fully saturated rings. The maximum absolute atomic E-state index is 14.3. The second-order valence-corrected chi connectivity index (χ2v) is 13.3. The summed E-state index contributed by atoms with van der Waals surface area (Å²) in [4.78, 5) is 73.8. The lowest BCUT2D eigenvalue weighted by atomic mass is 9.97. The molecule has 0 saturated carbocycles. The summed E-state index contributed by atoms with van der Waals surface area (Å²) in [6, 6.07) is 17.9. The summed E-state index contributed by atoms with van der Waals surface area (Å²) < 4.78 is 0. The van der Waals surface area contributed by atoms with Gasteiger partial charge in [0.2, 0.25) is 23.6 Å². The number of aliphatic carboxylic acids is 1. The van der Waals surface area contributed by atoms with Gasteiger partial charge in [-0.1, -0.05) is 79.2 Å². The summed E-state index contributed by atoms with van der Waals surface area (Å²) in [5, 5.41) is 22.3. The van der Waals surface area contributed by atoms with Gasteiger partial charge in [-0.15, -0.1) is 0 Å². The molecule has 0 saturated heterocycles. The van der Waals surface area contributed by atoms with Crippen molar-refractivity contribution in [3.63, 3.8) is 0 Å². The lowest BCUT2D eigenvalue weighted by molar-refractivity contribution is -0.146. The molecule has 0 unspecified atom stereocenters. The molecule has 14 heteroatoms. The number of amides is 4. The summed E-state index contributed by atoms with van der Waals surface area (Å²) in [5.74, 6) is -3.85. The van der Waals surface area contributed by atoms with E-state index in [4.69, 9.17) is 11.5 Å². The molecule has 14 nitrogen and oxygen atoms in total. The van der Waals surface area contributed by atoms with Gasteiger partial charge in [0, 0.05) is 31.2 Å². The van der Waals surface area contributed by atoms with Gasteiger partial charge >= 0.3 is 5.97 Å². The van der Waals surface area contributed by atoms with Gasteiger partial charge in [-0.2, -0.15) is 0 Å². The number of nitrogens with one attached hydrogen (secondary N) is 5. The second-order valence-electron chi connectivity index (χ2n) is 13.3. The molecule has 1 heterocycles. The molecule has 4 rings (SSSR count). The van der Waals surface area contributed by atoms with Crippen molar-refractivity contribution in [2.45, 2.75) is 82.1 Å².